The highest BCUT2D eigenvalue weighted by Crippen LogP contribution is 2.25. The molecule has 1 atom stereocenters. The van der Waals surface area contributed by atoms with Crippen molar-refractivity contribution in [1.82, 2.24) is 4.90 Å². The molecule has 0 spiro atoms. The normalized spacial score (nSPS) is 12.3. The first-order chi connectivity index (χ1) is 8.38. The second-order valence-electron chi connectivity index (χ2n) is 4.75. The van der Waals surface area contributed by atoms with Crippen molar-refractivity contribution in [2.45, 2.75) is 39.8 Å². The number of hydrogen-bond acceptors (Lipinski definition) is 2. The van der Waals surface area contributed by atoms with E-state index >= 15 is 0 Å². The van der Waals surface area contributed by atoms with Crippen molar-refractivity contribution in [2.24, 2.45) is 0 Å². The van der Waals surface area contributed by atoms with Crippen molar-refractivity contribution >= 4 is 12.4 Å². The van der Waals surface area contributed by atoms with Gasteiger partial charge in [-0.1, -0.05) is 23.8 Å². The summed E-state index contributed by atoms with van der Waals surface area (Å²) in [4.78, 5) is 23.9. The van der Waals surface area contributed by atoms with Crippen LogP contribution < -0.4 is 0 Å². The van der Waals surface area contributed by atoms with Crippen molar-refractivity contribution in [3.05, 3.63) is 34.9 Å². The van der Waals surface area contributed by atoms with Gasteiger partial charge in [0.25, 0.3) is 0 Å². The summed E-state index contributed by atoms with van der Waals surface area (Å²) in [6, 6.07) is 4.48. The molecule has 0 aliphatic heterocycles. The molecule has 1 N–H and O–H groups in total. The van der Waals surface area contributed by atoms with E-state index in [4.69, 9.17) is 0 Å². The van der Waals surface area contributed by atoms with E-state index in [9.17, 15) is 14.7 Å². The Morgan fingerprint density at radius 1 is 1.33 bits per heavy atom. The lowest BCUT2D eigenvalue weighted by Crippen LogP contribution is -2.38. The molecule has 0 aliphatic rings. The highest BCUT2D eigenvalue weighted by molar-refractivity contribution is 5.79. The number of carboxylic acid groups (broad SMARTS) is 1. The van der Waals surface area contributed by atoms with E-state index in [1.165, 1.54) is 4.90 Å². The Bertz CT molecular complexity index is 454. The predicted molar refractivity (Wildman–Crippen MR) is 69.3 cm³/mol. The van der Waals surface area contributed by atoms with E-state index in [1.54, 1.807) is 19.9 Å². The Kier molecular flexibility index (Phi) is 4.48. The van der Waals surface area contributed by atoms with Gasteiger partial charge in [0.15, 0.2) is 6.04 Å². The molecule has 98 valence electrons. The molecule has 4 heteroatoms. The fourth-order valence-corrected chi connectivity index (χ4v) is 2.03. The number of nitrogens with zero attached hydrogens (tertiary/aromatic N) is 1. The number of hydrogen-bond donors (Lipinski definition) is 1. The molecule has 0 saturated heterocycles. The first-order valence-corrected chi connectivity index (χ1v) is 5.91. The summed E-state index contributed by atoms with van der Waals surface area (Å²) in [5, 5.41) is 9.37. The number of aliphatic carboxylic acids is 1. The van der Waals surface area contributed by atoms with Crippen LogP contribution in [0.25, 0.3) is 0 Å². The van der Waals surface area contributed by atoms with Crippen LogP contribution in [0.4, 0.5) is 0 Å². The third kappa shape index (κ3) is 2.88. The van der Waals surface area contributed by atoms with Gasteiger partial charge >= 0.3 is 5.97 Å². The van der Waals surface area contributed by atoms with Gasteiger partial charge in [0.05, 0.1) is 0 Å². The van der Waals surface area contributed by atoms with Gasteiger partial charge in [-0.3, -0.25) is 4.79 Å². The minimum absolute atomic E-state index is 0.163. The molecule has 4 nitrogen and oxygen atoms in total. The Balaban J connectivity index is 3.27. The molecule has 1 amide bonds. The minimum atomic E-state index is -1.01. The zero-order valence-corrected chi connectivity index (χ0v) is 11.2. The molecule has 1 aromatic rings. The standard InChI is InChI=1S/C14H19NO3/c1-9(2)15(8-16)13(14(17)18)12-6-5-10(3)7-11(12)4/h5-9,13H,1-4H3,(H,17,18). The van der Waals surface area contributed by atoms with Crippen LogP contribution in [0.3, 0.4) is 0 Å². The van der Waals surface area contributed by atoms with E-state index in [1.807, 2.05) is 26.0 Å². The lowest BCUT2D eigenvalue weighted by molar-refractivity contribution is -0.148. The van der Waals surface area contributed by atoms with E-state index in [-0.39, 0.29) is 6.04 Å². The fraction of sp³-hybridized carbons (Fsp3) is 0.429. The van der Waals surface area contributed by atoms with Gasteiger partial charge in [0.1, 0.15) is 0 Å². The SMILES string of the molecule is Cc1ccc(C(C(=O)O)N(C=O)C(C)C)c(C)c1. The number of aryl methyl sites for hydroxylation is 2. The molecule has 0 radical (unpaired) electrons. The lowest BCUT2D eigenvalue weighted by atomic mass is 9.97. The molecule has 0 bridgehead atoms. The van der Waals surface area contributed by atoms with Crippen molar-refractivity contribution < 1.29 is 14.7 Å². The first-order valence-electron chi connectivity index (χ1n) is 5.91. The van der Waals surface area contributed by atoms with Crippen molar-refractivity contribution in [3.63, 3.8) is 0 Å². The van der Waals surface area contributed by atoms with Crippen LogP contribution in [0.1, 0.15) is 36.6 Å². The fourth-order valence-electron chi connectivity index (χ4n) is 2.03. The maximum Gasteiger partial charge on any atom is 0.331 e. The highest BCUT2D eigenvalue weighted by atomic mass is 16.4. The van der Waals surface area contributed by atoms with Gasteiger partial charge in [-0.25, -0.2) is 4.79 Å². The van der Waals surface area contributed by atoms with Crippen LogP contribution in [0, 0.1) is 13.8 Å². The monoisotopic (exact) mass is 249 g/mol. The van der Waals surface area contributed by atoms with E-state index in [0.29, 0.717) is 12.0 Å². The van der Waals surface area contributed by atoms with Crippen LogP contribution in [-0.2, 0) is 9.59 Å². The number of amides is 1. The molecular weight excluding hydrogens is 230 g/mol. The largest absolute Gasteiger partial charge is 0.479 e. The number of rotatable bonds is 5. The van der Waals surface area contributed by atoms with Gasteiger partial charge in [-0.15, -0.1) is 0 Å². The molecule has 1 aromatic carbocycles. The topological polar surface area (TPSA) is 57.6 Å². The van der Waals surface area contributed by atoms with Crippen molar-refractivity contribution in [2.75, 3.05) is 0 Å². The Morgan fingerprint density at radius 2 is 1.94 bits per heavy atom. The molecule has 0 fully saturated rings. The molecule has 1 unspecified atom stereocenters. The summed E-state index contributed by atoms with van der Waals surface area (Å²) >= 11 is 0. The Morgan fingerprint density at radius 3 is 2.33 bits per heavy atom. The molecule has 18 heavy (non-hydrogen) atoms. The van der Waals surface area contributed by atoms with Gasteiger partial charge in [-0.2, -0.15) is 0 Å². The van der Waals surface area contributed by atoms with Gasteiger partial charge < -0.3 is 10.0 Å². The molecular formula is C14H19NO3. The zero-order valence-electron chi connectivity index (χ0n) is 11.2. The number of carboxylic acids is 1. The van der Waals surface area contributed by atoms with E-state index < -0.39 is 12.0 Å². The minimum Gasteiger partial charge on any atom is -0.479 e. The van der Waals surface area contributed by atoms with Crippen LogP contribution >= 0.6 is 0 Å². The summed E-state index contributed by atoms with van der Waals surface area (Å²) in [7, 11) is 0. The highest BCUT2D eigenvalue weighted by Gasteiger charge is 2.29. The third-order valence-electron chi connectivity index (χ3n) is 2.97. The zero-order chi connectivity index (χ0) is 13.9. The smallest absolute Gasteiger partial charge is 0.331 e. The average molecular weight is 249 g/mol. The van der Waals surface area contributed by atoms with Crippen molar-refractivity contribution in [1.29, 1.82) is 0 Å². The van der Waals surface area contributed by atoms with Crippen LogP contribution in [-0.4, -0.2) is 28.4 Å². The Labute approximate surface area is 107 Å². The second-order valence-corrected chi connectivity index (χ2v) is 4.75. The van der Waals surface area contributed by atoms with Gasteiger partial charge in [-0.05, 0) is 38.8 Å². The summed E-state index contributed by atoms with van der Waals surface area (Å²) in [5.41, 5.74) is 2.62. The summed E-state index contributed by atoms with van der Waals surface area (Å²) < 4.78 is 0. The number of benzene rings is 1. The van der Waals surface area contributed by atoms with Gasteiger partial charge in [0.2, 0.25) is 6.41 Å². The lowest BCUT2D eigenvalue weighted by Gasteiger charge is -2.29. The number of carbonyl (C=O) groups excluding carboxylic acids is 1. The van der Waals surface area contributed by atoms with Crippen molar-refractivity contribution in [3.8, 4) is 0 Å². The maximum absolute atomic E-state index is 11.4. The van der Waals surface area contributed by atoms with Crippen LogP contribution in [0.2, 0.25) is 0 Å². The molecule has 0 heterocycles. The number of carbonyl (C=O) groups is 2. The summed E-state index contributed by atoms with van der Waals surface area (Å²) in [6.07, 6.45) is 0.600. The second kappa shape index (κ2) is 5.67. The molecule has 0 aliphatic carbocycles. The van der Waals surface area contributed by atoms with E-state index in [2.05, 4.69) is 0 Å². The molecule has 0 aromatic heterocycles. The Hall–Kier alpha value is -1.84. The van der Waals surface area contributed by atoms with E-state index in [0.717, 1.165) is 11.1 Å². The third-order valence-corrected chi connectivity index (χ3v) is 2.97. The maximum atomic E-state index is 11.4. The summed E-state index contributed by atoms with van der Waals surface area (Å²) in [5.74, 6) is -1.01. The average Bonchev–Trinajstić information content (AvgIpc) is 2.26. The van der Waals surface area contributed by atoms with Gasteiger partial charge in [0, 0.05) is 6.04 Å². The first kappa shape index (κ1) is 14.2. The molecule has 0 saturated carbocycles. The predicted octanol–water partition coefficient (Wildman–Crippen LogP) is 2.30. The quantitative estimate of drug-likeness (QED) is 0.814. The molecule has 1 rings (SSSR count). The van der Waals surface area contributed by atoms with Crippen LogP contribution in [0.5, 0.6) is 0 Å². The van der Waals surface area contributed by atoms with Crippen LogP contribution in [0.15, 0.2) is 18.2 Å². The summed E-state index contributed by atoms with van der Waals surface area (Å²) in [6.45, 7) is 7.41.